The summed E-state index contributed by atoms with van der Waals surface area (Å²) in [7, 11) is 1.53. The van der Waals surface area contributed by atoms with Crippen LogP contribution in [-0.2, 0) is 10.3 Å². The zero-order valence-corrected chi connectivity index (χ0v) is 11.4. The van der Waals surface area contributed by atoms with Crippen molar-refractivity contribution in [2.45, 2.75) is 12.5 Å². The van der Waals surface area contributed by atoms with E-state index in [4.69, 9.17) is 4.74 Å². The fraction of sp³-hybridized carbons (Fsp3) is 0.357. The van der Waals surface area contributed by atoms with Crippen molar-refractivity contribution >= 4 is 6.03 Å². The molecule has 1 aromatic carbocycles. The number of hydrogen-bond acceptors (Lipinski definition) is 2. The number of hydrogen-bond donors (Lipinski definition) is 1. The van der Waals surface area contributed by atoms with Crippen molar-refractivity contribution in [2.24, 2.45) is 0 Å². The van der Waals surface area contributed by atoms with E-state index < -0.39 is 17.2 Å². The lowest BCUT2D eigenvalue weighted by Gasteiger charge is -2.26. The minimum atomic E-state index is -1.03. The van der Waals surface area contributed by atoms with E-state index in [0.29, 0.717) is 24.4 Å². The maximum Gasteiger partial charge on any atom is 0.322 e. The summed E-state index contributed by atoms with van der Waals surface area (Å²) in [5.74, 6) is -1.39. The van der Waals surface area contributed by atoms with E-state index in [9.17, 15) is 13.6 Å². The summed E-state index contributed by atoms with van der Waals surface area (Å²) in [6, 6.07) is 2.80. The molecule has 0 radical (unpaired) electrons. The molecule has 2 amide bonds. The number of halogens is 2. The highest BCUT2D eigenvalue weighted by atomic mass is 19.1. The summed E-state index contributed by atoms with van der Waals surface area (Å²) in [6.45, 7) is 6.21. The number of rotatable bonds is 4. The summed E-state index contributed by atoms with van der Waals surface area (Å²) in [6.07, 6.45) is 0. The first-order valence-corrected chi connectivity index (χ1v) is 6.13. The van der Waals surface area contributed by atoms with Crippen molar-refractivity contribution in [1.29, 1.82) is 0 Å². The highest BCUT2D eigenvalue weighted by Gasteiger charge is 2.44. The molecule has 20 heavy (non-hydrogen) atoms. The predicted molar refractivity (Wildman–Crippen MR) is 70.0 cm³/mol. The molecular formula is C14H16F2N2O2. The van der Waals surface area contributed by atoms with Crippen LogP contribution in [0.4, 0.5) is 13.6 Å². The second-order valence-electron chi connectivity index (χ2n) is 4.80. The summed E-state index contributed by atoms with van der Waals surface area (Å²) >= 11 is 0. The molecule has 0 bridgehead atoms. The van der Waals surface area contributed by atoms with E-state index in [1.54, 1.807) is 6.92 Å². The fourth-order valence-corrected chi connectivity index (χ4v) is 2.25. The third kappa shape index (κ3) is 2.38. The van der Waals surface area contributed by atoms with E-state index in [1.807, 2.05) is 0 Å². The number of nitrogens with one attached hydrogen (secondary N) is 1. The maximum absolute atomic E-state index is 13.4. The van der Waals surface area contributed by atoms with Crippen molar-refractivity contribution in [3.63, 3.8) is 0 Å². The molecule has 1 aliphatic heterocycles. The molecule has 1 aliphatic rings. The summed E-state index contributed by atoms with van der Waals surface area (Å²) < 4.78 is 31.6. The summed E-state index contributed by atoms with van der Waals surface area (Å²) in [5.41, 5.74) is -0.286. The molecule has 1 aromatic rings. The van der Waals surface area contributed by atoms with Gasteiger partial charge < -0.3 is 10.1 Å². The molecular weight excluding hydrogens is 266 g/mol. The molecule has 2 rings (SSSR count). The van der Waals surface area contributed by atoms with Crippen molar-refractivity contribution in [3.8, 4) is 0 Å². The lowest BCUT2D eigenvalue weighted by atomic mass is 9.90. The third-order valence-electron chi connectivity index (χ3n) is 3.46. The first-order valence-electron chi connectivity index (χ1n) is 6.13. The van der Waals surface area contributed by atoms with Gasteiger partial charge in [0.25, 0.3) is 0 Å². The van der Waals surface area contributed by atoms with Gasteiger partial charge in [0.15, 0.2) is 0 Å². The van der Waals surface area contributed by atoms with Crippen LogP contribution >= 0.6 is 0 Å². The number of carbonyl (C=O) groups excluding carboxylic acids is 1. The molecule has 4 nitrogen and oxygen atoms in total. The van der Waals surface area contributed by atoms with Gasteiger partial charge in [0, 0.05) is 18.9 Å². The van der Waals surface area contributed by atoms with E-state index in [0.717, 1.165) is 6.07 Å². The highest BCUT2D eigenvalue weighted by Crippen LogP contribution is 2.36. The minimum absolute atomic E-state index is 0.313. The van der Waals surface area contributed by atoms with Crippen LogP contribution in [0.2, 0.25) is 0 Å². The summed E-state index contributed by atoms with van der Waals surface area (Å²) in [4.78, 5) is 13.4. The fourth-order valence-electron chi connectivity index (χ4n) is 2.25. The lowest BCUT2D eigenvalue weighted by molar-refractivity contribution is 0.169. The Balaban J connectivity index is 2.35. The number of methoxy groups -OCH3 is 1. The van der Waals surface area contributed by atoms with Gasteiger partial charge in [-0.25, -0.2) is 13.6 Å². The molecule has 0 spiro atoms. The van der Waals surface area contributed by atoms with Crippen LogP contribution in [0.15, 0.2) is 30.5 Å². The lowest BCUT2D eigenvalue weighted by Crippen LogP contribution is -2.36. The molecule has 1 unspecified atom stereocenters. The maximum atomic E-state index is 13.4. The molecule has 108 valence electrons. The van der Waals surface area contributed by atoms with E-state index in [2.05, 4.69) is 11.9 Å². The Morgan fingerprint density at radius 2 is 1.95 bits per heavy atom. The quantitative estimate of drug-likeness (QED) is 0.921. The third-order valence-corrected chi connectivity index (χ3v) is 3.46. The first-order chi connectivity index (χ1) is 9.38. The molecule has 1 heterocycles. The Labute approximate surface area is 116 Å². The first kappa shape index (κ1) is 14.5. The van der Waals surface area contributed by atoms with Crippen LogP contribution in [0.25, 0.3) is 0 Å². The Bertz CT molecular complexity index is 542. The molecule has 1 N–H and O–H groups in total. The van der Waals surface area contributed by atoms with Crippen molar-refractivity contribution in [3.05, 3.63) is 47.7 Å². The SMILES string of the molecule is C=C1N(CCOC)C(=O)NC1(C)c1cc(F)cc(F)c1. The largest absolute Gasteiger partial charge is 0.383 e. The zero-order chi connectivity index (χ0) is 14.9. The second-order valence-corrected chi connectivity index (χ2v) is 4.80. The molecule has 1 atom stereocenters. The molecule has 6 heteroatoms. The monoisotopic (exact) mass is 282 g/mol. The van der Waals surface area contributed by atoms with Crippen LogP contribution in [0, 0.1) is 11.6 Å². The van der Waals surface area contributed by atoms with Gasteiger partial charge in [-0.3, -0.25) is 4.90 Å². The predicted octanol–water partition coefficient (Wildman–Crippen LogP) is 2.37. The van der Waals surface area contributed by atoms with Crippen molar-refractivity contribution in [2.75, 3.05) is 20.3 Å². The highest BCUT2D eigenvalue weighted by molar-refractivity contribution is 5.82. The number of urea groups is 1. The standard InChI is InChI=1S/C14H16F2N2O2/c1-9-14(2,10-6-11(15)8-12(16)7-10)17-13(19)18(9)4-5-20-3/h6-8H,1,4-5H2,2-3H3,(H,17,19). The zero-order valence-electron chi connectivity index (χ0n) is 11.4. The molecule has 1 saturated heterocycles. The molecule has 0 aromatic heterocycles. The van der Waals surface area contributed by atoms with E-state index >= 15 is 0 Å². The molecule has 0 aliphatic carbocycles. The number of ether oxygens (including phenoxy) is 1. The van der Waals surface area contributed by atoms with Crippen LogP contribution in [-0.4, -0.2) is 31.2 Å². The Hall–Kier alpha value is -1.95. The van der Waals surface area contributed by atoms with Gasteiger partial charge in [0.05, 0.1) is 13.2 Å². The average Bonchev–Trinajstić information content (AvgIpc) is 2.58. The number of amides is 2. The van der Waals surface area contributed by atoms with Gasteiger partial charge in [-0.1, -0.05) is 6.58 Å². The normalized spacial score (nSPS) is 22.3. The Kier molecular flexibility index (Phi) is 3.76. The van der Waals surface area contributed by atoms with Gasteiger partial charge in [0.2, 0.25) is 0 Å². The number of benzene rings is 1. The van der Waals surface area contributed by atoms with Crippen LogP contribution in [0.5, 0.6) is 0 Å². The van der Waals surface area contributed by atoms with Crippen LogP contribution < -0.4 is 5.32 Å². The van der Waals surface area contributed by atoms with Gasteiger partial charge in [-0.2, -0.15) is 0 Å². The summed E-state index contributed by atoms with van der Waals surface area (Å²) in [5, 5.41) is 2.71. The van der Waals surface area contributed by atoms with Crippen molar-refractivity contribution < 1.29 is 18.3 Å². The average molecular weight is 282 g/mol. The Morgan fingerprint density at radius 1 is 1.35 bits per heavy atom. The van der Waals surface area contributed by atoms with Gasteiger partial charge >= 0.3 is 6.03 Å². The second kappa shape index (κ2) is 5.20. The van der Waals surface area contributed by atoms with Gasteiger partial charge in [-0.15, -0.1) is 0 Å². The van der Waals surface area contributed by atoms with Crippen molar-refractivity contribution in [1.82, 2.24) is 10.2 Å². The van der Waals surface area contributed by atoms with Crippen LogP contribution in [0.3, 0.4) is 0 Å². The minimum Gasteiger partial charge on any atom is -0.383 e. The van der Waals surface area contributed by atoms with Gasteiger partial charge in [0.1, 0.15) is 17.2 Å². The Morgan fingerprint density at radius 3 is 2.50 bits per heavy atom. The van der Waals surface area contributed by atoms with Crippen LogP contribution in [0.1, 0.15) is 12.5 Å². The number of nitrogens with zero attached hydrogens (tertiary/aromatic N) is 1. The molecule has 0 saturated carbocycles. The van der Waals surface area contributed by atoms with Gasteiger partial charge in [-0.05, 0) is 24.6 Å². The van der Waals surface area contributed by atoms with E-state index in [1.165, 1.54) is 24.1 Å². The molecule has 1 fully saturated rings. The number of carbonyl (C=O) groups is 1. The smallest absolute Gasteiger partial charge is 0.322 e. The van der Waals surface area contributed by atoms with E-state index in [-0.39, 0.29) is 6.03 Å². The topological polar surface area (TPSA) is 41.6 Å².